The molecule has 1 nitrogen and oxygen atoms in total. The van der Waals surface area contributed by atoms with Crippen LogP contribution in [0.2, 0.25) is 5.02 Å². The van der Waals surface area contributed by atoms with Crippen molar-refractivity contribution in [3.63, 3.8) is 0 Å². The fourth-order valence-corrected chi connectivity index (χ4v) is 5.61. The second-order valence-electron chi connectivity index (χ2n) is 5.53. The van der Waals surface area contributed by atoms with Gasteiger partial charge in [0.2, 0.25) is 0 Å². The third kappa shape index (κ3) is 2.33. The Kier molecular flexibility index (Phi) is 3.54. The van der Waals surface area contributed by atoms with Crippen molar-refractivity contribution in [3.8, 4) is 0 Å². The van der Waals surface area contributed by atoms with Crippen molar-refractivity contribution < 1.29 is 0 Å². The van der Waals surface area contributed by atoms with E-state index in [1.54, 1.807) is 4.88 Å². The molecule has 1 aliphatic rings. The topological polar surface area (TPSA) is 3.24 Å². The number of halogens is 1. The van der Waals surface area contributed by atoms with E-state index < -0.39 is 0 Å². The van der Waals surface area contributed by atoms with E-state index in [0.29, 0.717) is 6.04 Å². The molecule has 3 aromatic rings. The maximum absolute atomic E-state index is 6.59. The molecular formula is C17H16ClNS2. The van der Waals surface area contributed by atoms with Crippen molar-refractivity contribution in [1.82, 2.24) is 4.90 Å². The second kappa shape index (κ2) is 5.40. The zero-order valence-electron chi connectivity index (χ0n) is 11.8. The molecule has 0 amide bonds. The summed E-state index contributed by atoms with van der Waals surface area (Å²) in [5, 5.41) is 4.36. The van der Waals surface area contributed by atoms with Gasteiger partial charge >= 0.3 is 0 Å². The van der Waals surface area contributed by atoms with Crippen LogP contribution in [-0.2, 0) is 13.0 Å². The molecule has 3 heterocycles. The van der Waals surface area contributed by atoms with Crippen LogP contribution in [0.3, 0.4) is 0 Å². The van der Waals surface area contributed by atoms with Crippen molar-refractivity contribution in [2.24, 2.45) is 0 Å². The van der Waals surface area contributed by atoms with Gasteiger partial charge in [0.25, 0.3) is 0 Å². The third-order valence-electron chi connectivity index (χ3n) is 4.35. The Hall–Kier alpha value is -0.870. The zero-order valence-corrected chi connectivity index (χ0v) is 14.2. The van der Waals surface area contributed by atoms with Crippen LogP contribution in [0.25, 0.3) is 10.1 Å². The SMILES string of the molecule is CC1c2ccsc2CCN1Cc1sc2ccccc2c1Cl. The first kappa shape index (κ1) is 13.8. The van der Waals surface area contributed by atoms with Crippen LogP contribution in [0.5, 0.6) is 0 Å². The summed E-state index contributed by atoms with van der Waals surface area (Å²) in [6.07, 6.45) is 1.17. The van der Waals surface area contributed by atoms with E-state index in [0.717, 1.165) is 18.1 Å². The second-order valence-corrected chi connectivity index (χ2v) is 8.05. The molecule has 1 unspecified atom stereocenters. The molecule has 0 radical (unpaired) electrons. The molecule has 2 aromatic heterocycles. The molecule has 0 saturated heterocycles. The molecule has 0 aliphatic carbocycles. The Balaban J connectivity index is 1.65. The molecule has 1 aromatic carbocycles. The van der Waals surface area contributed by atoms with Gasteiger partial charge in [0, 0.05) is 39.0 Å². The molecule has 21 heavy (non-hydrogen) atoms. The van der Waals surface area contributed by atoms with Gasteiger partial charge in [-0.2, -0.15) is 0 Å². The first-order chi connectivity index (χ1) is 10.2. The highest BCUT2D eigenvalue weighted by atomic mass is 35.5. The lowest BCUT2D eigenvalue weighted by atomic mass is 10.0. The minimum Gasteiger partial charge on any atom is -0.291 e. The van der Waals surface area contributed by atoms with E-state index in [9.17, 15) is 0 Å². The minimum absolute atomic E-state index is 0.487. The standard InChI is InChI=1S/C17H16ClNS2/c1-11-12-7-9-20-14(12)6-8-19(11)10-16-17(18)13-4-2-3-5-15(13)21-16/h2-5,7,9,11H,6,8,10H2,1H3. The van der Waals surface area contributed by atoms with Crippen LogP contribution < -0.4 is 0 Å². The molecule has 4 rings (SSSR count). The predicted octanol–water partition coefficient (Wildman–Crippen LogP) is 5.74. The number of fused-ring (bicyclic) bond motifs is 2. The van der Waals surface area contributed by atoms with E-state index in [1.165, 1.54) is 26.9 Å². The number of benzene rings is 1. The number of hydrogen-bond acceptors (Lipinski definition) is 3. The molecule has 0 spiro atoms. The molecule has 1 aliphatic heterocycles. The lowest BCUT2D eigenvalue weighted by Gasteiger charge is -2.33. The van der Waals surface area contributed by atoms with E-state index >= 15 is 0 Å². The highest BCUT2D eigenvalue weighted by Gasteiger charge is 2.25. The highest BCUT2D eigenvalue weighted by Crippen LogP contribution is 2.39. The van der Waals surface area contributed by atoms with Crippen molar-refractivity contribution in [2.75, 3.05) is 6.54 Å². The number of rotatable bonds is 2. The monoisotopic (exact) mass is 333 g/mol. The van der Waals surface area contributed by atoms with E-state index in [4.69, 9.17) is 11.6 Å². The van der Waals surface area contributed by atoms with Gasteiger partial charge in [-0.15, -0.1) is 22.7 Å². The molecular weight excluding hydrogens is 318 g/mol. The molecule has 0 bridgehead atoms. The van der Waals surface area contributed by atoms with Gasteiger partial charge in [-0.05, 0) is 36.4 Å². The smallest absolute Gasteiger partial charge is 0.0637 e. The molecule has 0 N–H and O–H groups in total. The van der Waals surface area contributed by atoms with Crippen LogP contribution in [-0.4, -0.2) is 11.4 Å². The van der Waals surface area contributed by atoms with Crippen molar-refractivity contribution in [2.45, 2.75) is 25.9 Å². The number of hydrogen-bond donors (Lipinski definition) is 0. The Labute approximate surface area is 137 Å². The van der Waals surface area contributed by atoms with E-state index in [2.05, 4.69) is 47.5 Å². The van der Waals surface area contributed by atoms with Gasteiger partial charge < -0.3 is 0 Å². The lowest BCUT2D eigenvalue weighted by Crippen LogP contribution is -2.32. The van der Waals surface area contributed by atoms with E-state index in [-0.39, 0.29) is 0 Å². The fourth-order valence-electron chi connectivity index (χ4n) is 3.13. The summed E-state index contributed by atoms with van der Waals surface area (Å²) in [7, 11) is 0. The maximum Gasteiger partial charge on any atom is 0.0637 e. The van der Waals surface area contributed by atoms with Crippen LogP contribution in [0.4, 0.5) is 0 Å². The largest absolute Gasteiger partial charge is 0.291 e. The zero-order chi connectivity index (χ0) is 14.4. The van der Waals surface area contributed by atoms with Gasteiger partial charge in [-0.25, -0.2) is 0 Å². The summed E-state index contributed by atoms with van der Waals surface area (Å²) in [6, 6.07) is 11.2. The molecule has 1 atom stereocenters. The van der Waals surface area contributed by atoms with Crippen LogP contribution >= 0.6 is 34.3 Å². The summed E-state index contributed by atoms with van der Waals surface area (Å²) in [5.41, 5.74) is 1.50. The van der Waals surface area contributed by atoms with Gasteiger partial charge in [0.05, 0.1) is 5.02 Å². The Morgan fingerprint density at radius 3 is 3.00 bits per heavy atom. The molecule has 108 valence electrons. The average Bonchev–Trinajstić information content (AvgIpc) is 3.09. The van der Waals surface area contributed by atoms with Gasteiger partial charge in [0.1, 0.15) is 0 Å². The first-order valence-corrected chi connectivity index (χ1v) is 9.27. The Bertz CT molecular complexity index is 789. The van der Waals surface area contributed by atoms with E-state index in [1.807, 2.05) is 22.7 Å². The van der Waals surface area contributed by atoms with Crippen LogP contribution in [0.15, 0.2) is 35.7 Å². The van der Waals surface area contributed by atoms with Gasteiger partial charge in [-0.1, -0.05) is 29.8 Å². The van der Waals surface area contributed by atoms with Crippen LogP contribution in [0.1, 0.15) is 28.3 Å². The summed E-state index contributed by atoms with van der Waals surface area (Å²) < 4.78 is 1.29. The fraction of sp³-hybridized carbons (Fsp3) is 0.294. The lowest BCUT2D eigenvalue weighted by molar-refractivity contribution is 0.193. The first-order valence-electron chi connectivity index (χ1n) is 7.20. The Morgan fingerprint density at radius 1 is 1.29 bits per heavy atom. The molecule has 4 heteroatoms. The number of nitrogens with zero attached hydrogens (tertiary/aromatic N) is 1. The minimum atomic E-state index is 0.487. The van der Waals surface area contributed by atoms with Crippen molar-refractivity contribution in [3.05, 3.63) is 56.1 Å². The Morgan fingerprint density at radius 2 is 2.14 bits per heavy atom. The average molecular weight is 334 g/mol. The molecule has 0 fully saturated rings. The molecule has 0 saturated carbocycles. The summed E-state index contributed by atoms with van der Waals surface area (Å²) >= 11 is 10.3. The quantitative estimate of drug-likeness (QED) is 0.578. The number of thiophene rings is 2. The maximum atomic E-state index is 6.59. The summed E-state index contributed by atoms with van der Waals surface area (Å²) in [4.78, 5) is 5.40. The normalized spacial score (nSPS) is 19.0. The van der Waals surface area contributed by atoms with Crippen molar-refractivity contribution in [1.29, 1.82) is 0 Å². The summed E-state index contributed by atoms with van der Waals surface area (Å²) in [6.45, 7) is 4.39. The predicted molar refractivity (Wildman–Crippen MR) is 93.7 cm³/mol. The third-order valence-corrected chi connectivity index (χ3v) is 7.05. The van der Waals surface area contributed by atoms with Crippen LogP contribution in [0, 0.1) is 0 Å². The van der Waals surface area contributed by atoms with Gasteiger partial charge in [0.15, 0.2) is 0 Å². The van der Waals surface area contributed by atoms with Gasteiger partial charge in [-0.3, -0.25) is 4.90 Å². The highest BCUT2D eigenvalue weighted by molar-refractivity contribution is 7.19. The van der Waals surface area contributed by atoms with Crippen molar-refractivity contribution >= 4 is 44.4 Å². The summed E-state index contributed by atoms with van der Waals surface area (Å²) in [5.74, 6) is 0.